The van der Waals surface area contributed by atoms with Gasteiger partial charge in [0.2, 0.25) is 11.7 Å². The molecular formula is C28H31F4N7O3. The smallest absolute Gasteiger partial charge is 0.379 e. The van der Waals surface area contributed by atoms with Crippen molar-refractivity contribution in [1.29, 1.82) is 0 Å². The predicted octanol–water partition coefficient (Wildman–Crippen LogP) is 4.40. The van der Waals surface area contributed by atoms with Crippen molar-refractivity contribution < 1.29 is 31.6 Å². The normalized spacial score (nSPS) is 21.7. The van der Waals surface area contributed by atoms with Gasteiger partial charge in [-0.2, -0.15) is 18.2 Å². The first kappa shape index (κ1) is 28.2. The van der Waals surface area contributed by atoms with Crippen molar-refractivity contribution >= 4 is 22.5 Å². The molecule has 2 fully saturated rings. The molecule has 5 heterocycles. The Hall–Kier alpha value is -3.91. The van der Waals surface area contributed by atoms with Gasteiger partial charge in [0.05, 0.1) is 42.0 Å². The van der Waals surface area contributed by atoms with E-state index < -0.39 is 24.9 Å². The fourth-order valence-electron chi connectivity index (χ4n) is 5.58. The Labute approximate surface area is 238 Å². The number of halogens is 4. The summed E-state index contributed by atoms with van der Waals surface area (Å²) >= 11 is 0. The summed E-state index contributed by atoms with van der Waals surface area (Å²) < 4.78 is 69.4. The third kappa shape index (κ3) is 6.00. The third-order valence-corrected chi connectivity index (χ3v) is 7.77. The average Bonchev–Trinajstić information content (AvgIpc) is 3.75. The van der Waals surface area contributed by atoms with Crippen LogP contribution in [0.2, 0.25) is 0 Å². The van der Waals surface area contributed by atoms with E-state index in [0.717, 1.165) is 11.0 Å². The van der Waals surface area contributed by atoms with E-state index in [1.54, 1.807) is 36.5 Å². The summed E-state index contributed by atoms with van der Waals surface area (Å²) in [5.74, 6) is -0.370. The van der Waals surface area contributed by atoms with Gasteiger partial charge in [-0.15, -0.1) is 0 Å². The molecule has 0 radical (unpaired) electrons. The summed E-state index contributed by atoms with van der Waals surface area (Å²) in [7, 11) is 1.85. The molecule has 6 rings (SSSR count). The first-order valence-electron chi connectivity index (χ1n) is 13.8. The number of amides is 1. The van der Waals surface area contributed by atoms with Crippen LogP contribution >= 0.6 is 0 Å². The number of hydrogen-bond acceptors (Lipinski definition) is 7. The second kappa shape index (κ2) is 11.4. The first-order chi connectivity index (χ1) is 20.1. The Bertz CT molecular complexity index is 1560. The maximum absolute atomic E-state index is 14.7. The molecule has 2 saturated heterocycles. The number of anilines is 1. The third-order valence-electron chi connectivity index (χ3n) is 7.77. The maximum Gasteiger partial charge on any atom is 0.406 e. The lowest BCUT2D eigenvalue weighted by Gasteiger charge is -2.33. The second-order valence-electron chi connectivity index (χ2n) is 10.8. The molecule has 0 bridgehead atoms. The van der Waals surface area contributed by atoms with E-state index in [9.17, 15) is 22.4 Å². The van der Waals surface area contributed by atoms with Crippen molar-refractivity contribution in [3.8, 4) is 11.5 Å². The molecule has 3 atom stereocenters. The van der Waals surface area contributed by atoms with Crippen LogP contribution in [0.3, 0.4) is 0 Å². The Morgan fingerprint density at radius 2 is 2.07 bits per heavy atom. The van der Waals surface area contributed by atoms with Crippen molar-refractivity contribution in [2.75, 3.05) is 38.7 Å². The highest BCUT2D eigenvalue weighted by molar-refractivity contribution is 5.96. The lowest BCUT2D eigenvalue weighted by Crippen LogP contribution is -2.46. The van der Waals surface area contributed by atoms with E-state index in [4.69, 9.17) is 9.26 Å². The molecule has 1 amide bonds. The summed E-state index contributed by atoms with van der Waals surface area (Å²) in [6.07, 6.45) is -0.653. The highest BCUT2D eigenvalue weighted by Gasteiger charge is 2.32. The Morgan fingerprint density at radius 1 is 1.21 bits per heavy atom. The quantitative estimate of drug-likeness (QED) is 0.294. The predicted molar refractivity (Wildman–Crippen MR) is 146 cm³/mol. The number of likely N-dealkylation sites (tertiary alicyclic amines) is 1. The SMILES string of the molecule is CN1CC[C@@H](Nc2cccc3c2cc(-c2noc(CNC(=O)c4ccn(C5CCOC5)c4)n2)n3CC(F)(F)F)[C@@H](F)C1. The number of rotatable bonds is 8. The number of aromatic nitrogens is 4. The number of nitrogens with one attached hydrogen (secondary N) is 2. The maximum atomic E-state index is 14.7. The second-order valence-corrected chi connectivity index (χ2v) is 10.8. The van der Waals surface area contributed by atoms with E-state index in [2.05, 4.69) is 20.8 Å². The van der Waals surface area contributed by atoms with Gasteiger partial charge in [-0.05, 0) is 44.2 Å². The number of benzene rings is 1. The van der Waals surface area contributed by atoms with Crippen molar-refractivity contribution in [1.82, 2.24) is 29.5 Å². The Balaban J connectivity index is 1.22. The molecule has 10 nitrogen and oxygen atoms in total. The summed E-state index contributed by atoms with van der Waals surface area (Å²) in [5, 5.41) is 10.3. The molecule has 0 aliphatic carbocycles. The summed E-state index contributed by atoms with van der Waals surface area (Å²) in [5.41, 5.74) is 1.37. The number of hydrogen-bond donors (Lipinski definition) is 2. The van der Waals surface area contributed by atoms with Crippen molar-refractivity contribution in [3.63, 3.8) is 0 Å². The van der Waals surface area contributed by atoms with Gasteiger partial charge in [0.15, 0.2) is 0 Å². The van der Waals surface area contributed by atoms with Crippen molar-refractivity contribution in [3.05, 3.63) is 54.2 Å². The van der Waals surface area contributed by atoms with Gasteiger partial charge in [-0.1, -0.05) is 11.2 Å². The molecule has 4 aromatic rings. The van der Waals surface area contributed by atoms with E-state index >= 15 is 0 Å². The zero-order chi connectivity index (χ0) is 29.4. The molecule has 224 valence electrons. The fraction of sp³-hybridized carbons (Fsp3) is 0.464. The number of piperidine rings is 1. The van der Waals surface area contributed by atoms with E-state index in [0.29, 0.717) is 48.3 Å². The van der Waals surface area contributed by atoms with Gasteiger partial charge in [-0.25, -0.2) is 4.39 Å². The van der Waals surface area contributed by atoms with Crippen LogP contribution in [0.5, 0.6) is 0 Å². The van der Waals surface area contributed by atoms with Crippen LogP contribution in [-0.2, 0) is 17.8 Å². The first-order valence-corrected chi connectivity index (χ1v) is 13.8. The van der Waals surface area contributed by atoms with Crippen LogP contribution < -0.4 is 10.6 Å². The number of ether oxygens (including phenoxy) is 1. The molecule has 0 saturated carbocycles. The monoisotopic (exact) mass is 589 g/mol. The molecule has 3 aromatic heterocycles. The minimum atomic E-state index is -4.52. The van der Waals surface area contributed by atoms with Crippen molar-refractivity contribution in [2.45, 2.75) is 50.4 Å². The molecule has 2 aliphatic heterocycles. The van der Waals surface area contributed by atoms with Crippen LogP contribution in [0.25, 0.3) is 22.4 Å². The number of nitrogens with zero attached hydrogens (tertiary/aromatic N) is 5. The van der Waals surface area contributed by atoms with Crippen LogP contribution in [0, 0.1) is 0 Å². The number of carbonyl (C=O) groups is 1. The Kier molecular flexibility index (Phi) is 7.66. The topological polar surface area (TPSA) is 102 Å². The lowest BCUT2D eigenvalue weighted by molar-refractivity contribution is -0.139. The summed E-state index contributed by atoms with van der Waals surface area (Å²) in [6.45, 7) is 0.871. The van der Waals surface area contributed by atoms with Crippen molar-refractivity contribution in [2.24, 2.45) is 0 Å². The number of alkyl halides is 4. The van der Waals surface area contributed by atoms with Gasteiger partial charge in [0.1, 0.15) is 12.7 Å². The molecule has 1 aromatic carbocycles. The van der Waals surface area contributed by atoms with Gasteiger partial charge in [0, 0.05) is 43.2 Å². The number of fused-ring (bicyclic) bond motifs is 1. The van der Waals surface area contributed by atoms with Crippen LogP contribution in [0.4, 0.5) is 23.2 Å². The Morgan fingerprint density at radius 3 is 2.83 bits per heavy atom. The van der Waals surface area contributed by atoms with Crippen LogP contribution in [-0.4, -0.2) is 81.8 Å². The molecule has 42 heavy (non-hydrogen) atoms. The average molecular weight is 590 g/mol. The lowest BCUT2D eigenvalue weighted by atomic mass is 10.0. The van der Waals surface area contributed by atoms with E-state index in [-0.39, 0.29) is 42.4 Å². The molecule has 0 spiro atoms. The minimum Gasteiger partial charge on any atom is -0.379 e. The van der Waals surface area contributed by atoms with Crippen LogP contribution in [0.1, 0.15) is 35.1 Å². The highest BCUT2D eigenvalue weighted by atomic mass is 19.4. The standard InChI is InChI=1S/C28H31F4N7O3/c1-37-8-6-22(20(29)14-37)34-21-3-2-4-23-19(21)11-24(39(23)16-28(30,31)32)26-35-25(42-36-26)12-33-27(40)17-5-9-38(13-17)18-7-10-41-15-18/h2-5,9,11,13,18,20,22,34H,6-8,10,12,14-16H2,1H3,(H,33,40)/t18?,20-,22+/m0/s1. The summed E-state index contributed by atoms with van der Waals surface area (Å²) in [6, 6.07) is 7.89. The van der Waals surface area contributed by atoms with E-state index in [1.165, 1.54) is 0 Å². The van der Waals surface area contributed by atoms with Crippen LogP contribution in [0.15, 0.2) is 47.2 Å². The molecule has 2 N–H and O–H groups in total. The fourth-order valence-corrected chi connectivity index (χ4v) is 5.58. The van der Waals surface area contributed by atoms with Gasteiger partial charge >= 0.3 is 6.18 Å². The zero-order valence-corrected chi connectivity index (χ0v) is 22.9. The van der Waals surface area contributed by atoms with E-state index in [1.807, 2.05) is 22.7 Å². The molecular weight excluding hydrogens is 558 g/mol. The number of carbonyl (C=O) groups excluding carboxylic acids is 1. The molecule has 2 aliphatic rings. The summed E-state index contributed by atoms with van der Waals surface area (Å²) in [4.78, 5) is 18.9. The van der Waals surface area contributed by atoms with Gasteiger partial charge in [-0.3, -0.25) is 4.79 Å². The molecule has 1 unspecified atom stereocenters. The van der Waals surface area contributed by atoms with Gasteiger partial charge < -0.3 is 33.9 Å². The highest BCUT2D eigenvalue weighted by Crippen LogP contribution is 2.35. The minimum absolute atomic E-state index is 0.0377. The zero-order valence-electron chi connectivity index (χ0n) is 22.9. The van der Waals surface area contributed by atoms with Gasteiger partial charge in [0.25, 0.3) is 5.91 Å². The largest absolute Gasteiger partial charge is 0.406 e. The molecule has 14 heteroatoms.